The van der Waals surface area contributed by atoms with E-state index < -0.39 is 0 Å². The van der Waals surface area contributed by atoms with Gasteiger partial charge in [0, 0.05) is 37.9 Å². The van der Waals surface area contributed by atoms with Crippen LogP contribution in [0.25, 0.3) is 0 Å². The van der Waals surface area contributed by atoms with Crippen molar-refractivity contribution >= 4 is 5.69 Å². The van der Waals surface area contributed by atoms with E-state index in [2.05, 4.69) is 21.9 Å². The van der Waals surface area contributed by atoms with Crippen LogP contribution in [-0.4, -0.2) is 38.2 Å². The molecule has 3 aromatic rings. The van der Waals surface area contributed by atoms with Crippen molar-refractivity contribution in [3.8, 4) is 11.5 Å². The second kappa shape index (κ2) is 9.66. The number of halogens is 1. The van der Waals surface area contributed by atoms with Crippen LogP contribution in [0.5, 0.6) is 11.5 Å². The molecule has 0 radical (unpaired) electrons. The largest absolute Gasteiger partial charge is 0.497 e. The molecule has 7 heteroatoms. The molecule has 0 atom stereocenters. The maximum absolute atomic E-state index is 13.0. The summed E-state index contributed by atoms with van der Waals surface area (Å²) in [6.45, 7) is 4.30. The molecular weight excluding hydrogens is 399 g/mol. The summed E-state index contributed by atoms with van der Waals surface area (Å²) in [5.74, 6) is 1.30. The van der Waals surface area contributed by atoms with Gasteiger partial charge in [-0.1, -0.05) is 12.1 Å². The third kappa shape index (κ3) is 5.44. The number of methoxy groups -OCH3 is 1. The Labute approximate surface area is 180 Å². The van der Waals surface area contributed by atoms with Crippen molar-refractivity contribution in [1.82, 2.24) is 4.90 Å². The summed E-state index contributed by atoms with van der Waals surface area (Å²) in [7, 11) is 1.66. The Morgan fingerprint density at radius 2 is 1.71 bits per heavy atom. The fourth-order valence-electron chi connectivity index (χ4n) is 3.55. The lowest BCUT2D eigenvalue weighted by Crippen LogP contribution is -2.46. The highest BCUT2D eigenvalue weighted by molar-refractivity contribution is 5.49. The van der Waals surface area contributed by atoms with Crippen LogP contribution in [-0.2, 0) is 13.2 Å². The normalized spacial score (nSPS) is 14.5. The highest BCUT2D eigenvalue weighted by atomic mass is 19.1. The second-order valence-corrected chi connectivity index (χ2v) is 7.45. The van der Waals surface area contributed by atoms with Crippen molar-refractivity contribution in [2.24, 2.45) is 0 Å². The average Bonchev–Trinajstić information content (AvgIpc) is 2.80. The molecule has 0 bridgehead atoms. The highest BCUT2D eigenvalue weighted by Crippen LogP contribution is 2.21. The Kier molecular flexibility index (Phi) is 6.52. The Balaban J connectivity index is 1.29. The summed E-state index contributed by atoms with van der Waals surface area (Å²) >= 11 is 0. The van der Waals surface area contributed by atoms with Gasteiger partial charge in [-0.05, 0) is 42.0 Å². The van der Waals surface area contributed by atoms with E-state index in [1.165, 1.54) is 30.1 Å². The van der Waals surface area contributed by atoms with Gasteiger partial charge in [0.05, 0.1) is 13.7 Å². The van der Waals surface area contributed by atoms with Gasteiger partial charge < -0.3 is 18.8 Å². The number of rotatable bonds is 7. The van der Waals surface area contributed by atoms with Crippen molar-refractivity contribution in [3.05, 3.63) is 88.2 Å². The molecule has 0 aliphatic carbocycles. The van der Waals surface area contributed by atoms with Gasteiger partial charge in [0.1, 0.15) is 30.2 Å². The third-order valence-electron chi connectivity index (χ3n) is 5.35. The number of hydrogen-bond acceptors (Lipinski definition) is 6. The summed E-state index contributed by atoms with van der Waals surface area (Å²) in [6, 6.07) is 15.5. The predicted octanol–water partition coefficient (Wildman–Crippen LogP) is 3.69. The van der Waals surface area contributed by atoms with Crippen LogP contribution in [0.2, 0.25) is 0 Å². The second-order valence-electron chi connectivity index (χ2n) is 7.45. The summed E-state index contributed by atoms with van der Waals surface area (Å²) < 4.78 is 29.3. The maximum Gasteiger partial charge on any atom is 0.227 e. The monoisotopic (exact) mass is 424 g/mol. The van der Waals surface area contributed by atoms with E-state index in [9.17, 15) is 9.18 Å². The first-order valence-corrected chi connectivity index (χ1v) is 10.2. The molecule has 0 saturated carbocycles. The summed E-state index contributed by atoms with van der Waals surface area (Å²) in [5, 5.41) is 0. The Hall–Kier alpha value is -3.32. The van der Waals surface area contributed by atoms with Crippen molar-refractivity contribution in [3.63, 3.8) is 0 Å². The van der Waals surface area contributed by atoms with Crippen LogP contribution >= 0.6 is 0 Å². The lowest BCUT2D eigenvalue weighted by Gasteiger charge is -2.35. The van der Waals surface area contributed by atoms with Crippen LogP contribution in [0.4, 0.5) is 10.1 Å². The number of anilines is 1. The topological polar surface area (TPSA) is 55.2 Å². The number of ether oxygens (including phenoxy) is 2. The van der Waals surface area contributed by atoms with Gasteiger partial charge in [-0.15, -0.1) is 0 Å². The molecule has 2 heterocycles. The van der Waals surface area contributed by atoms with Gasteiger partial charge in [0.25, 0.3) is 0 Å². The van der Waals surface area contributed by atoms with Crippen LogP contribution < -0.4 is 19.8 Å². The fraction of sp³-hybridized carbons (Fsp3) is 0.292. The third-order valence-corrected chi connectivity index (χ3v) is 5.35. The van der Waals surface area contributed by atoms with Gasteiger partial charge in [-0.2, -0.15) is 0 Å². The zero-order valence-electron chi connectivity index (χ0n) is 17.4. The fourth-order valence-corrected chi connectivity index (χ4v) is 3.55. The first-order chi connectivity index (χ1) is 15.1. The molecule has 1 aromatic heterocycles. The Bertz CT molecular complexity index is 1040. The van der Waals surface area contributed by atoms with E-state index in [0.717, 1.165) is 37.5 Å². The molecule has 4 rings (SSSR count). The number of nitrogens with zero attached hydrogens (tertiary/aromatic N) is 2. The van der Waals surface area contributed by atoms with E-state index in [1.807, 2.05) is 12.1 Å². The zero-order valence-corrected chi connectivity index (χ0v) is 17.4. The van der Waals surface area contributed by atoms with Gasteiger partial charge in [0.2, 0.25) is 11.2 Å². The minimum atomic E-state index is -0.308. The smallest absolute Gasteiger partial charge is 0.227 e. The number of piperazine rings is 1. The minimum absolute atomic E-state index is 0.150. The molecule has 0 unspecified atom stereocenters. The predicted molar refractivity (Wildman–Crippen MR) is 116 cm³/mol. The number of hydrogen-bond donors (Lipinski definition) is 0. The molecular formula is C24H25FN2O4. The van der Waals surface area contributed by atoms with Gasteiger partial charge >= 0.3 is 0 Å². The van der Waals surface area contributed by atoms with Crippen molar-refractivity contribution < 1.29 is 18.3 Å². The quantitative estimate of drug-likeness (QED) is 0.577. The molecule has 2 aromatic carbocycles. The number of benzene rings is 2. The van der Waals surface area contributed by atoms with Crippen molar-refractivity contribution in [2.45, 2.75) is 13.2 Å². The SMILES string of the molecule is COc1ccc(N2CCN(Cc3cc(=O)c(OCc4ccc(F)cc4)co3)CC2)cc1. The van der Waals surface area contributed by atoms with E-state index >= 15 is 0 Å². The van der Waals surface area contributed by atoms with E-state index in [4.69, 9.17) is 13.9 Å². The summed E-state index contributed by atoms with van der Waals surface area (Å²) in [4.78, 5) is 17.0. The first kappa shape index (κ1) is 20.9. The first-order valence-electron chi connectivity index (χ1n) is 10.2. The lowest BCUT2D eigenvalue weighted by atomic mass is 10.2. The van der Waals surface area contributed by atoms with Crippen molar-refractivity contribution in [1.29, 1.82) is 0 Å². The van der Waals surface area contributed by atoms with E-state index in [0.29, 0.717) is 12.3 Å². The highest BCUT2D eigenvalue weighted by Gasteiger charge is 2.18. The lowest BCUT2D eigenvalue weighted by molar-refractivity contribution is 0.224. The average molecular weight is 424 g/mol. The zero-order chi connectivity index (χ0) is 21.6. The summed E-state index contributed by atoms with van der Waals surface area (Å²) in [5.41, 5.74) is 1.73. The Morgan fingerprint density at radius 1 is 1.00 bits per heavy atom. The standard InChI is InChI=1S/C24H25FN2O4/c1-29-21-8-6-20(7-9-21)27-12-10-26(11-13-27)15-22-14-23(28)24(17-30-22)31-16-18-2-4-19(25)5-3-18/h2-9,14,17H,10-13,15-16H2,1H3. The molecule has 0 spiro atoms. The van der Waals surface area contributed by atoms with Crippen LogP contribution in [0.3, 0.4) is 0 Å². The van der Waals surface area contributed by atoms with Gasteiger partial charge in [-0.25, -0.2) is 4.39 Å². The minimum Gasteiger partial charge on any atom is -0.497 e. The van der Waals surface area contributed by atoms with E-state index in [-0.39, 0.29) is 23.6 Å². The van der Waals surface area contributed by atoms with Crippen LogP contribution in [0, 0.1) is 5.82 Å². The molecule has 0 amide bonds. The van der Waals surface area contributed by atoms with Crippen LogP contribution in [0.1, 0.15) is 11.3 Å². The van der Waals surface area contributed by atoms with Crippen LogP contribution in [0.15, 0.2) is 70.1 Å². The molecule has 162 valence electrons. The summed E-state index contributed by atoms with van der Waals surface area (Å²) in [6.07, 6.45) is 1.36. The molecule has 1 aliphatic heterocycles. The molecule has 6 nitrogen and oxygen atoms in total. The Morgan fingerprint density at radius 3 is 2.35 bits per heavy atom. The molecule has 31 heavy (non-hydrogen) atoms. The molecule has 1 aliphatic rings. The molecule has 1 fully saturated rings. The van der Waals surface area contributed by atoms with Crippen molar-refractivity contribution in [2.75, 3.05) is 38.2 Å². The van der Waals surface area contributed by atoms with Gasteiger partial charge in [0.15, 0.2) is 0 Å². The van der Waals surface area contributed by atoms with E-state index in [1.54, 1.807) is 19.2 Å². The maximum atomic E-state index is 13.0. The molecule has 0 N–H and O–H groups in total. The van der Waals surface area contributed by atoms with Gasteiger partial charge in [-0.3, -0.25) is 9.69 Å². The molecule has 1 saturated heterocycles.